The molecule has 1 amide bonds. The molecule has 0 saturated carbocycles. The molecule has 0 saturated heterocycles. The van der Waals surface area contributed by atoms with E-state index in [9.17, 15) is 4.79 Å². The van der Waals surface area contributed by atoms with Crippen molar-refractivity contribution in [1.82, 2.24) is 0 Å². The van der Waals surface area contributed by atoms with Gasteiger partial charge in [-0.2, -0.15) is 0 Å². The normalized spacial score (nSPS) is 10.6. The molecule has 2 aromatic rings. The van der Waals surface area contributed by atoms with E-state index in [4.69, 9.17) is 27.9 Å². The summed E-state index contributed by atoms with van der Waals surface area (Å²) in [6.07, 6.45) is 0. The van der Waals surface area contributed by atoms with Gasteiger partial charge in [-0.3, -0.25) is 4.79 Å². The lowest BCUT2D eigenvalue weighted by atomic mass is 10.2. The Morgan fingerprint density at radius 3 is 2.41 bits per heavy atom. The van der Waals surface area contributed by atoms with Crippen LogP contribution in [0.1, 0.15) is 24.2 Å². The Morgan fingerprint density at radius 2 is 1.77 bits per heavy atom. The van der Waals surface area contributed by atoms with E-state index in [1.807, 2.05) is 6.07 Å². The number of hydrogen-bond acceptors (Lipinski definition) is 2. The predicted octanol–water partition coefficient (Wildman–Crippen LogP) is 5.28. The summed E-state index contributed by atoms with van der Waals surface area (Å²) >= 11 is 12.1. The van der Waals surface area contributed by atoms with Crippen LogP contribution in [0.3, 0.4) is 0 Å². The first-order valence-corrected chi connectivity index (χ1v) is 7.71. The molecule has 0 radical (unpaired) electrons. The third kappa shape index (κ3) is 4.39. The Labute approximate surface area is 140 Å². The van der Waals surface area contributed by atoms with Crippen molar-refractivity contribution in [3.8, 4) is 5.75 Å². The number of benzene rings is 2. The summed E-state index contributed by atoms with van der Waals surface area (Å²) in [5, 5.41) is 3.52. The van der Waals surface area contributed by atoms with Gasteiger partial charge < -0.3 is 10.1 Å². The Hall–Kier alpha value is -1.71. The molecule has 0 heterocycles. The summed E-state index contributed by atoms with van der Waals surface area (Å²) in [6.45, 7) is 4.73. The molecule has 5 heteroatoms. The van der Waals surface area contributed by atoms with Gasteiger partial charge in [-0.05, 0) is 36.2 Å². The maximum absolute atomic E-state index is 12.3. The highest BCUT2D eigenvalue weighted by atomic mass is 35.5. The highest BCUT2D eigenvalue weighted by Gasteiger charge is 2.12. The fourth-order valence-electron chi connectivity index (χ4n) is 1.79. The van der Waals surface area contributed by atoms with Crippen molar-refractivity contribution < 1.29 is 9.53 Å². The van der Waals surface area contributed by atoms with E-state index in [1.165, 1.54) is 0 Å². The molecule has 0 spiro atoms. The molecule has 0 unspecified atom stereocenters. The van der Waals surface area contributed by atoms with Crippen LogP contribution in [0.4, 0.5) is 5.69 Å². The second kappa shape index (κ2) is 7.52. The maximum atomic E-state index is 12.3. The van der Waals surface area contributed by atoms with Crippen LogP contribution in [0.2, 0.25) is 10.0 Å². The zero-order valence-electron chi connectivity index (χ0n) is 12.4. The van der Waals surface area contributed by atoms with E-state index in [1.54, 1.807) is 36.4 Å². The van der Waals surface area contributed by atoms with Crippen LogP contribution in [-0.4, -0.2) is 12.5 Å². The smallest absolute Gasteiger partial charge is 0.255 e. The van der Waals surface area contributed by atoms with Crippen molar-refractivity contribution in [3.05, 3.63) is 58.1 Å². The summed E-state index contributed by atoms with van der Waals surface area (Å²) in [5.74, 6) is 0.788. The average Bonchev–Trinajstić information content (AvgIpc) is 2.49. The molecule has 0 aromatic heterocycles. The van der Waals surface area contributed by atoms with Gasteiger partial charge in [0.2, 0.25) is 0 Å². The molecule has 2 rings (SSSR count). The fraction of sp³-hybridized carbons (Fsp3) is 0.235. The lowest BCUT2D eigenvalue weighted by Crippen LogP contribution is -2.13. The van der Waals surface area contributed by atoms with E-state index >= 15 is 0 Å². The number of nitrogens with one attached hydrogen (secondary N) is 1. The van der Waals surface area contributed by atoms with Crippen molar-refractivity contribution >= 4 is 34.8 Å². The Kier molecular flexibility index (Phi) is 5.69. The van der Waals surface area contributed by atoms with E-state index < -0.39 is 0 Å². The van der Waals surface area contributed by atoms with Crippen LogP contribution in [0, 0.1) is 5.92 Å². The van der Waals surface area contributed by atoms with Gasteiger partial charge in [-0.15, -0.1) is 0 Å². The number of carbonyl (C=O) groups is 1. The molecule has 1 N–H and O–H groups in total. The van der Waals surface area contributed by atoms with Crippen molar-refractivity contribution in [1.29, 1.82) is 0 Å². The quantitative estimate of drug-likeness (QED) is 0.805. The number of halogens is 2. The molecular weight excluding hydrogens is 321 g/mol. The van der Waals surface area contributed by atoms with Crippen LogP contribution in [0.15, 0.2) is 42.5 Å². The largest absolute Gasteiger partial charge is 0.493 e. The summed E-state index contributed by atoms with van der Waals surface area (Å²) in [7, 11) is 0. The average molecular weight is 338 g/mol. The Morgan fingerprint density at radius 1 is 1.14 bits per heavy atom. The summed E-state index contributed by atoms with van der Waals surface area (Å²) in [5.41, 5.74) is 0.890. The van der Waals surface area contributed by atoms with Gasteiger partial charge in [0, 0.05) is 5.56 Å². The third-order valence-corrected chi connectivity index (χ3v) is 3.51. The van der Waals surface area contributed by atoms with E-state index in [0.717, 1.165) is 0 Å². The van der Waals surface area contributed by atoms with E-state index in [0.29, 0.717) is 39.6 Å². The molecule has 116 valence electrons. The zero-order chi connectivity index (χ0) is 16.1. The zero-order valence-corrected chi connectivity index (χ0v) is 13.9. The van der Waals surface area contributed by atoms with E-state index in [2.05, 4.69) is 19.2 Å². The standard InChI is InChI=1S/C17H17Cl2NO2/c1-11(2)10-22-13-6-3-5-12(9-13)17(21)20-16-14(18)7-4-8-15(16)19/h3-9,11H,10H2,1-2H3,(H,20,21). The minimum Gasteiger partial charge on any atom is -0.493 e. The van der Waals surface area contributed by atoms with Crippen molar-refractivity contribution in [2.75, 3.05) is 11.9 Å². The van der Waals surface area contributed by atoms with Gasteiger partial charge in [0.1, 0.15) is 5.75 Å². The van der Waals surface area contributed by atoms with Crippen LogP contribution in [-0.2, 0) is 0 Å². The number of anilines is 1. The van der Waals surface area contributed by atoms with Gasteiger partial charge in [0.05, 0.1) is 22.3 Å². The maximum Gasteiger partial charge on any atom is 0.255 e. The Balaban J connectivity index is 2.14. The summed E-state index contributed by atoms with van der Waals surface area (Å²) in [6, 6.07) is 12.1. The molecular formula is C17H17Cl2NO2. The SMILES string of the molecule is CC(C)COc1cccc(C(=O)Nc2c(Cl)cccc2Cl)c1. The highest BCUT2D eigenvalue weighted by Crippen LogP contribution is 2.30. The van der Waals surface area contributed by atoms with Crippen LogP contribution < -0.4 is 10.1 Å². The van der Waals surface area contributed by atoms with Crippen LogP contribution in [0.5, 0.6) is 5.75 Å². The summed E-state index contributed by atoms with van der Waals surface area (Å²) < 4.78 is 5.62. The van der Waals surface area contributed by atoms with Crippen LogP contribution in [0.25, 0.3) is 0 Å². The topological polar surface area (TPSA) is 38.3 Å². The van der Waals surface area contributed by atoms with Gasteiger partial charge in [-0.1, -0.05) is 49.2 Å². The number of ether oxygens (including phenoxy) is 1. The van der Waals surface area contributed by atoms with Gasteiger partial charge in [-0.25, -0.2) is 0 Å². The predicted molar refractivity (Wildman–Crippen MR) is 91.2 cm³/mol. The van der Waals surface area contributed by atoms with Crippen molar-refractivity contribution in [2.45, 2.75) is 13.8 Å². The molecule has 0 aliphatic rings. The highest BCUT2D eigenvalue weighted by molar-refractivity contribution is 6.40. The monoisotopic (exact) mass is 337 g/mol. The van der Waals surface area contributed by atoms with Crippen molar-refractivity contribution in [2.24, 2.45) is 5.92 Å². The first-order chi connectivity index (χ1) is 10.5. The number of amides is 1. The molecule has 0 aliphatic carbocycles. The molecule has 0 aliphatic heterocycles. The molecule has 2 aromatic carbocycles. The van der Waals surface area contributed by atoms with Crippen molar-refractivity contribution in [3.63, 3.8) is 0 Å². The minimum atomic E-state index is -0.287. The first kappa shape index (κ1) is 16.7. The molecule has 22 heavy (non-hydrogen) atoms. The van der Waals surface area contributed by atoms with Gasteiger partial charge >= 0.3 is 0 Å². The molecule has 3 nitrogen and oxygen atoms in total. The molecule has 0 fully saturated rings. The van der Waals surface area contributed by atoms with Gasteiger partial charge in [0.25, 0.3) is 5.91 Å². The second-order valence-corrected chi connectivity index (χ2v) is 6.10. The van der Waals surface area contributed by atoms with E-state index in [-0.39, 0.29) is 5.91 Å². The Bertz CT molecular complexity index is 651. The molecule has 0 atom stereocenters. The molecule has 0 bridgehead atoms. The lowest BCUT2D eigenvalue weighted by molar-refractivity contribution is 0.102. The summed E-state index contributed by atoms with van der Waals surface area (Å²) in [4.78, 5) is 12.3. The lowest BCUT2D eigenvalue weighted by Gasteiger charge is -2.11. The number of hydrogen-bond donors (Lipinski definition) is 1. The third-order valence-electron chi connectivity index (χ3n) is 2.88. The number of carbonyl (C=O) groups excluding carboxylic acids is 1. The fourth-order valence-corrected chi connectivity index (χ4v) is 2.28. The first-order valence-electron chi connectivity index (χ1n) is 6.95. The second-order valence-electron chi connectivity index (χ2n) is 5.28. The number of para-hydroxylation sites is 1. The number of rotatable bonds is 5. The van der Waals surface area contributed by atoms with Gasteiger partial charge in [0.15, 0.2) is 0 Å². The van der Waals surface area contributed by atoms with Crippen LogP contribution >= 0.6 is 23.2 Å². The minimum absolute atomic E-state index is 0.287.